The van der Waals surface area contributed by atoms with Crippen LogP contribution in [-0.2, 0) is 0 Å². The average Bonchev–Trinajstić information content (AvgIpc) is 2.36. The van der Waals surface area contributed by atoms with Crippen LogP contribution in [0, 0.1) is 5.82 Å². The Kier molecular flexibility index (Phi) is 4.04. The number of ether oxygens (including phenoxy) is 1. The first-order chi connectivity index (χ1) is 9.02. The molecule has 2 atom stereocenters. The lowest BCUT2D eigenvalue weighted by atomic mass is 10.1. The highest BCUT2D eigenvalue weighted by atomic mass is 19.1. The van der Waals surface area contributed by atoms with E-state index in [2.05, 4.69) is 5.32 Å². The fourth-order valence-corrected chi connectivity index (χ4v) is 2.53. The number of nitrogens with zero attached hydrogens (tertiary/aromatic N) is 1. The van der Waals surface area contributed by atoms with E-state index >= 15 is 0 Å². The first-order valence-electron chi connectivity index (χ1n) is 6.40. The van der Waals surface area contributed by atoms with Crippen LogP contribution in [-0.4, -0.2) is 43.1 Å². The van der Waals surface area contributed by atoms with Gasteiger partial charge in [-0.15, -0.1) is 0 Å². The molecule has 1 aliphatic heterocycles. The Bertz CT molecular complexity index is 469. The highest BCUT2D eigenvalue weighted by Gasteiger charge is 2.29. The highest BCUT2D eigenvalue weighted by Crippen LogP contribution is 2.23. The minimum atomic E-state index is -0.539. The van der Waals surface area contributed by atoms with Gasteiger partial charge in [-0.05, 0) is 26.0 Å². The monoisotopic (exact) mass is 266 g/mol. The molecule has 1 aliphatic rings. The van der Waals surface area contributed by atoms with Crippen molar-refractivity contribution in [3.05, 3.63) is 29.6 Å². The molecule has 104 valence electrons. The zero-order valence-electron chi connectivity index (χ0n) is 11.4. The first kappa shape index (κ1) is 13.8. The molecule has 2 unspecified atom stereocenters. The summed E-state index contributed by atoms with van der Waals surface area (Å²) in [6, 6.07) is 4.82. The number of rotatable bonds is 2. The van der Waals surface area contributed by atoms with Gasteiger partial charge in [-0.1, -0.05) is 6.07 Å². The van der Waals surface area contributed by atoms with Gasteiger partial charge in [-0.25, -0.2) is 4.39 Å². The van der Waals surface area contributed by atoms with Crippen molar-refractivity contribution >= 4 is 5.91 Å². The molecule has 1 amide bonds. The van der Waals surface area contributed by atoms with Gasteiger partial charge in [-0.2, -0.15) is 0 Å². The van der Waals surface area contributed by atoms with Crippen molar-refractivity contribution in [1.29, 1.82) is 0 Å². The molecule has 1 fully saturated rings. The maximum Gasteiger partial charge on any atom is 0.260 e. The zero-order chi connectivity index (χ0) is 14.0. The van der Waals surface area contributed by atoms with Crippen LogP contribution in [0.1, 0.15) is 24.2 Å². The van der Waals surface area contributed by atoms with Crippen LogP contribution in [0.5, 0.6) is 5.75 Å². The molecular formula is C14H19FN2O2. The van der Waals surface area contributed by atoms with E-state index in [1.165, 1.54) is 19.2 Å². The van der Waals surface area contributed by atoms with E-state index in [0.29, 0.717) is 13.1 Å². The summed E-state index contributed by atoms with van der Waals surface area (Å²) < 4.78 is 19.0. The Morgan fingerprint density at radius 1 is 1.37 bits per heavy atom. The second-order valence-corrected chi connectivity index (χ2v) is 5.00. The van der Waals surface area contributed by atoms with Gasteiger partial charge < -0.3 is 15.0 Å². The van der Waals surface area contributed by atoms with Crippen LogP contribution in [0.3, 0.4) is 0 Å². The van der Waals surface area contributed by atoms with Crippen molar-refractivity contribution in [1.82, 2.24) is 10.2 Å². The molecule has 1 aromatic carbocycles. The van der Waals surface area contributed by atoms with Gasteiger partial charge in [0.1, 0.15) is 17.1 Å². The van der Waals surface area contributed by atoms with Crippen LogP contribution in [0.15, 0.2) is 18.2 Å². The summed E-state index contributed by atoms with van der Waals surface area (Å²) >= 11 is 0. The van der Waals surface area contributed by atoms with E-state index in [1.54, 1.807) is 11.0 Å². The second-order valence-electron chi connectivity index (χ2n) is 5.00. The molecule has 0 radical (unpaired) electrons. The number of amides is 1. The van der Waals surface area contributed by atoms with Gasteiger partial charge in [0.2, 0.25) is 0 Å². The summed E-state index contributed by atoms with van der Waals surface area (Å²) in [5.74, 6) is -0.567. The normalized spacial score (nSPS) is 23.3. The van der Waals surface area contributed by atoms with E-state index < -0.39 is 5.82 Å². The number of hydrogen-bond donors (Lipinski definition) is 1. The number of carbonyl (C=O) groups is 1. The zero-order valence-corrected chi connectivity index (χ0v) is 11.4. The predicted octanol–water partition coefficient (Wildman–Crippen LogP) is 1.66. The predicted molar refractivity (Wildman–Crippen MR) is 70.9 cm³/mol. The van der Waals surface area contributed by atoms with Crippen LogP contribution in [0.2, 0.25) is 0 Å². The summed E-state index contributed by atoms with van der Waals surface area (Å²) in [5.41, 5.74) is 0.0197. The summed E-state index contributed by atoms with van der Waals surface area (Å²) in [4.78, 5) is 14.1. The molecule has 0 spiro atoms. The third-order valence-corrected chi connectivity index (χ3v) is 3.25. The van der Waals surface area contributed by atoms with Gasteiger partial charge in [0.15, 0.2) is 0 Å². The summed E-state index contributed by atoms with van der Waals surface area (Å²) in [6.07, 6.45) is 0. The van der Waals surface area contributed by atoms with E-state index in [1.807, 2.05) is 13.8 Å². The third-order valence-electron chi connectivity index (χ3n) is 3.25. The van der Waals surface area contributed by atoms with E-state index in [-0.39, 0.29) is 29.3 Å². The molecular weight excluding hydrogens is 247 g/mol. The lowest BCUT2D eigenvalue weighted by Crippen LogP contribution is -2.56. The van der Waals surface area contributed by atoms with Crippen LogP contribution < -0.4 is 10.1 Å². The van der Waals surface area contributed by atoms with Gasteiger partial charge >= 0.3 is 0 Å². The topological polar surface area (TPSA) is 41.6 Å². The fraction of sp³-hybridized carbons (Fsp3) is 0.500. The molecule has 1 heterocycles. The highest BCUT2D eigenvalue weighted by molar-refractivity contribution is 5.97. The maximum atomic E-state index is 13.9. The molecule has 4 nitrogen and oxygen atoms in total. The number of halogens is 1. The Balaban J connectivity index is 2.29. The Morgan fingerprint density at radius 3 is 2.58 bits per heavy atom. The molecule has 0 aliphatic carbocycles. The van der Waals surface area contributed by atoms with Crippen molar-refractivity contribution in [2.45, 2.75) is 25.9 Å². The van der Waals surface area contributed by atoms with Crippen molar-refractivity contribution < 1.29 is 13.9 Å². The lowest BCUT2D eigenvalue weighted by Gasteiger charge is -2.36. The molecule has 19 heavy (non-hydrogen) atoms. The van der Waals surface area contributed by atoms with Crippen molar-refractivity contribution in [3.63, 3.8) is 0 Å². The van der Waals surface area contributed by atoms with E-state index in [9.17, 15) is 9.18 Å². The Hall–Kier alpha value is -1.62. The molecule has 2 rings (SSSR count). The van der Waals surface area contributed by atoms with Crippen LogP contribution in [0.4, 0.5) is 4.39 Å². The molecule has 1 saturated heterocycles. The molecule has 0 bridgehead atoms. The number of hydrogen-bond acceptors (Lipinski definition) is 3. The summed E-state index contributed by atoms with van der Waals surface area (Å²) in [6.45, 7) is 5.16. The van der Waals surface area contributed by atoms with Gasteiger partial charge in [0.25, 0.3) is 5.91 Å². The molecule has 1 aromatic rings. The number of nitrogens with one attached hydrogen (secondary N) is 1. The van der Waals surface area contributed by atoms with Crippen molar-refractivity contribution in [2.75, 3.05) is 20.2 Å². The van der Waals surface area contributed by atoms with Crippen molar-refractivity contribution in [3.8, 4) is 5.75 Å². The summed E-state index contributed by atoms with van der Waals surface area (Å²) in [5, 5.41) is 3.34. The Morgan fingerprint density at radius 2 is 2.00 bits per heavy atom. The smallest absolute Gasteiger partial charge is 0.260 e. The quantitative estimate of drug-likeness (QED) is 0.885. The minimum Gasteiger partial charge on any atom is -0.496 e. The molecule has 1 N–H and O–H groups in total. The van der Waals surface area contributed by atoms with Crippen LogP contribution >= 0.6 is 0 Å². The number of benzene rings is 1. The number of carbonyl (C=O) groups excluding carboxylic acids is 1. The minimum absolute atomic E-state index is 0.0197. The average molecular weight is 266 g/mol. The summed E-state index contributed by atoms with van der Waals surface area (Å²) in [7, 11) is 1.44. The Labute approximate surface area is 112 Å². The third kappa shape index (κ3) is 2.87. The number of methoxy groups -OCH3 is 1. The SMILES string of the molecule is COc1cccc(F)c1C(=O)N1CC(C)NC(C)C1. The number of piperazine rings is 1. The maximum absolute atomic E-state index is 13.9. The van der Waals surface area contributed by atoms with E-state index in [4.69, 9.17) is 4.74 Å². The van der Waals surface area contributed by atoms with Gasteiger partial charge in [0, 0.05) is 25.2 Å². The van der Waals surface area contributed by atoms with Crippen LogP contribution in [0.25, 0.3) is 0 Å². The van der Waals surface area contributed by atoms with Gasteiger partial charge in [0.05, 0.1) is 7.11 Å². The van der Waals surface area contributed by atoms with E-state index in [0.717, 1.165) is 0 Å². The molecule has 0 saturated carbocycles. The van der Waals surface area contributed by atoms with Crippen molar-refractivity contribution in [2.24, 2.45) is 0 Å². The largest absolute Gasteiger partial charge is 0.496 e. The molecule has 0 aromatic heterocycles. The lowest BCUT2D eigenvalue weighted by molar-refractivity contribution is 0.0665. The standard InChI is InChI=1S/C14H19FN2O2/c1-9-7-17(8-10(2)16-9)14(18)13-11(15)5-4-6-12(13)19-3/h4-6,9-10,16H,7-8H2,1-3H3. The second kappa shape index (κ2) is 5.57. The fourth-order valence-electron chi connectivity index (χ4n) is 2.53. The first-order valence-corrected chi connectivity index (χ1v) is 6.40. The molecule has 5 heteroatoms. The van der Waals surface area contributed by atoms with Gasteiger partial charge in [-0.3, -0.25) is 4.79 Å².